The molecule has 0 saturated carbocycles. The molecule has 0 bridgehead atoms. The minimum absolute atomic E-state index is 0.164. The van der Waals surface area contributed by atoms with Crippen LogP contribution < -0.4 is 0 Å². The van der Waals surface area contributed by atoms with Crippen molar-refractivity contribution in [3.63, 3.8) is 0 Å². The Hall–Kier alpha value is 0.272. The normalized spacial score (nSPS) is 24.0. The van der Waals surface area contributed by atoms with Gasteiger partial charge in [0.25, 0.3) is 0 Å². The topological polar surface area (TPSA) is 3.24 Å². The van der Waals surface area contributed by atoms with E-state index in [0.29, 0.717) is 0 Å². The van der Waals surface area contributed by atoms with E-state index in [9.17, 15) is 0 Å². The van der Waals surface area contributed by atoms with E-state index in [1.54, 1.807) is 5.20 Å². The molecule has 0 spiro atoms. The molecule has 0 atom stereocenters. The van der Waals surface area contributed by atoms with E-state index in [1.807, 2.05) is 0 Å². The molecule has 0 amide bonds. The van der Waals surface area contributed by atoms with Crippen molar-refractivity contribution in [1.82, 2.24) is 4.48 Å². The van der Waals surface area contributed by atoms with E-state index in [4.69, 9.17) is 11.5 Å². The Morgan fingerprint density at radius 3 is 2.17 bits per heavy atom. The van der Waals surface area contributed by atoms with Crippen LogP contribution in [0.1, 0.15) is 20.3 Å². The van der Waals surface area contributed by atoms with Crippen LogP contribution in [0.2, 0.25) is 13.1 Å². The lowest BCUT2D eigenvalue weighted by Gasteiger charge is -2.29. The Kier molecular flexibility index (Phi) is 2.76. The number of allylic oxidation sites excluding steroid dienone is 2. The highest BCUT2D eigenvalue weighted by Crippen LogP contribution is 2.34. The third-order valence-corrected chi connectivity index (χ3v) is 8.19. The van der Waals surface area contributed by atoms with Gasteiger partial charge < -0.3 is 4.48 Å². The first-order chi connectivity index (χ1) is 5.42. The monoisotopic (exact) mass is 201 g/mol. The summed E-state index contributed by atoms with van der Waals surface area (Å²) in [5.41, 5.74) is 1.45. The lowest BCUT2D eigenvalue weighted by molar-refractivity contribution is 0.811. The van der Waals surface area contributed by atoms with Crippen LogP contribution in [0.4, 0.5) is 0 Å². The average Bonchev–Trinajstić information content (AvgIpc) is 2.15. The highest BCUT2D eigenvalue weighted by atomic mass is 35.5. The van der Waals surface area contributed by atoms with E-state index < -0.39 is 8.24 Å². The quantitative estimate of drug-likeness (QED) is 0.590. The Bertz CT molecular complexity index is 227. The lowest BCUT2D eigenvalue weighted by Crippen LogP contribution is -2.47. The third-order valence-electron chi connectivity index (χ3n) is 3.29. The fourth-order valence-electron chi connectivity index (χ4n) is 1.79. The minimum Gasteiger partial charge on any atom is -0.347 e. The molecule has 1 nitrogen and oxygen atoms in total. The fourth-order valence-corrected chi connectivity index (χ4v) is 5.28. The first-order valence-electron chi connectivity index (χ1n) is 4.50. The van der Waals surface area contributed by atoms with Gasteiger partial charge in [-0.2, -0.15) is 11.5 Å². The molecule has 0 aromatic carbocycles. The van der Waals surface area contributed by atoms with Crippen molar-refractivity contribution in [2.45, 2.75) is 33.4 Å². The Labute approximate surface area is 81.9 Å². The van der Waals surface area contributed by atoms with Gasteiger partial charge in [-0.15, -0.1) is 0 Å². The molecule has 0 aromatic heterocycles. The van der Waals surface area contributed by atoms with Crippen LogP contribution in [0, 0.1) is 0 Å². The van der Waals surface area contributed by atoms with Crippen molar-refractivity contribution in [2.24, 2.45) is 0 Å². The van der Waals surface area contributed by atoms with Crippen molar-refractivity contribution >= 4 is 26.0 Å². The van der Waals surface area contributed by atoms with Gasteiger partial charge in [0.05, 0.1) is 0 Å². The number of hydrogen-bond acceptors (Lipinski definition) is 1. The van der Waals surface area contributed by atoms with Gasteiger partial charge in [-0.25, -0.2) is 0 Å². The second-order valence-electron chi connectivity index (χ2n) is 4.01. The Balaban J connectivity index is 3.06. The van der Waals surface area contributed by atoms with E-state index in [1.165, 1.54) is 5.47 Å². The largest absolute Gasteiger partial charge is 0.353 e. The van der Waals surface area contributed by atoms with Crippen molar-refractivity contribution in [2.75, 3.05) is 7.05 Å². The summed E-state index contributed by atoms with van der Waals surface area (Å²) in [7, 11) is 0.836. The molecule has 0 aliphatic carbocycles. The molecular formula is C8H17BClNSi. The fraction of sp³-hybridized carbons (Fsp3) is 0.750. The van der Waals surface area contributed by atoms with Gasteiger partial charge in [0.15, 0.2) is 0 Å². The molecule has 0 saturated heterocycles. The maximum absolute atomic E-state index is 6.31. The van der Waals surface area contributed by atoms with E-state index >= 15 is 0 Å². The van der Waals surface area contributed by atoms with Gasteiger partial charge in [-0.05, 0) is 20.4 Å². The van der Waals surface area contributed by atoms with E-state index in [-0.39, 0.29) is 6.26 Å². The number of rotatable bonds is 1. The zero-order chi connectivity index (χ0) is 9.52. The lowest BCUT2D eigenvalue weighted by atomic mass is 9.79. The van der Waals surface area contributed by atoms with Crippen molar-refractivity contribution in [1.29, 1.82) is 0 Å². The molecular weight excluding hydrogens is 184 g/mol. The van der Waals surface area contributed by atoms with Crippen molar-refractivity contribution < 1.29 is 0 Å². The van der Waals surface area contributed by atoms with Gasteiger partial charge in [0.2, 0.25) is 0 Å². The van der Waals surface area contributed by atoms with Crippen LogP contribution in [0.15, 0.2) is 10.7 Å². The molecule has 0 radical (unpaired) electrons. The second-order valence-corrected chi connectivity index (χ2v) is 9.00. The highest BCUT2D eigenvalue weighted by Gasteiger charge is 2.44. The van der Waals surface area contributed by atoms with Crippen LogP contribution in [-0.2, 0) is 0 Å². The molecule has 68 valence electrons. The van der Waals surface area contributed by atoms with Gasteiger partial charge in [0, 0.05) is 0 Å². The number of nitrogens with zero attached hydrogens (tertiary/aromatic N) is 1. The molecule has 0 fully saturated rings. The van der Waals surface area contributed by atoms with Crippen LogP contribution in [0.3, 0.4) is 0 Å². The third kappa shape index (κ3) is 1.28. The molecule has 1 aliphatic heterocycles. The maximum Gasteiger partial charge on any atom is 0.353 e. The van der Waals surface area contributed by atoms with Gasteiger partial charge in [-0.3, -0.25) is 0 Å². The Morgan fingerprint density at radius 1 is 1.50 bits per heavy atom. The van der Waals surface area contributed by atoms with Crippen LogP contribution in [0.25, 0.3) is 0 Å². The van der Waals surface area contributed by atoms with Crippen molar-refractivity contribution in [3.05, 3.63) is 10.7 Å². The summed E-state index contributed by atoms with van der Waals surface area (Å²) in [5, 5.41) is 1.58. The van der Waals surface area contributed by atoms with E-state index in [2.05, 4.69) is 38.5 Å². The zero-order valence-electron chi connectivity index (χ0n) is 8.61. The predicted molar refractivity (Wildman–Crippen MR) is 59.8 cm³/mol. The zero-order valence-corrected chi connectivity index (χ0v) is 10.4. The predicted octanol–water partition coefficient (Wildman–Crippen LogP) is 2.67. The highest BCUT2D eigenvalue weighted by molar-refractivity contribution is 7.17. The molecule has 1 heterocycles. The average molecular weight is 202 g/mol. The molecule has 1 rings (SSSR count). The molecule has 1 aliphatic rings. The van der Waals surface area contributed by atoms with Crippen LogP contribution in [-0.4, -0.2) is 26.0 Å². The molecule has 0 N–H and O–H groups in total. The van der Waals surface area contributed by atoms with Crippen LogP contribution >= 0.6 is 11.5 Å². The summed E-state index contributed by atoms with van der Waals surface area (Å²) in [6, 6.07) is 0. The molecule has 12 heavy (non-hydrogen) atoms. The van der Waals surface area contributed by atoms with Crippen molar-refractivity contribution in [3.8, 4) is 0 Å². The van der Waals surface area contributed by atoms with Crippen LogP contribution in [0.5, 0.6) is 0 Å². The first-order valence-corrected chi connectivity index (χ1v) is 7.88. The second kappa shape index (κ2) is 3.20. The molecule has 0 unspecified atom stereocenters. The summed E-state index contributed by atoms with van der Waals surface area (Å²) < 4.78 is 2.36. The summed E-state index contributed by atoms with van der Waals surface area (Å²) in [4.78, 5) is 0. The SMILES string of the molecule is CCC1=C(C)[Si](C)(C)N(C)B1Cl. The first kappa shape index (κ1) is 10.4. The van der Waals surface area contributed by atoms with Gasteiger partial charge >= 0.3 is 6.26 Å². The van der Waals surface area contributed by atoms with Gasteiger partial charge in [-0.1, -0.05) is 30.7 Å². The van der Waals surface area contributed by atoms with Gasteiger partial charge in [0.1, 0.15) is 8.24 Å². The smallest absolute Gasteiger partial charge is 0.347 e. The summed E-state index contributed by atoms with van der Waals surface area (Å²) in [5.74, 6) is 0. The summed E-state index contributed by atoms with van der Waals surface area (Å²) in [6.45, 7) is 9.17. The minimum atomic E-state index is -1.31. The Morgan fingerprint density at radius 2 is 2.00 bits per heavy atom. The summed E-state index contributed by atoms with van der Waals surface area (Å²) >= 11 is 6.31. The standard InChI is InChI=1S/C8H17BClNSi/c1-6-8-7(2)12(4,5)11(3)9(8)10/h6H2,1-5H3. The molecule has 4 heteroatoms. The number of hydrogen-bond donors (Lipinski definition) is 0. The summed E-state index contributed by atoms with van der Waals surface area (Å²) in [6.07, 6.45) is 1.26. The van der Waals surface area contributed by atoms with E-state index in [0.717, 1.165) is 6.42 Å². The number of halogens is 1. The maximum atomic E-state index is 6.31. The molecule has 0 aromatic rings.